The summed E-state index contributed by atoms with van der Waals surface area (Å²) < 4.78 is 0. The summed E-state index contributed by atoms with van der Waals surface area (Å²) in [4.78, 5) is 24.7. The van der Waals surface area contributed by atoms with Crippen LogP contribution in [-0.4, -0.2) is 49.6 Å². The Morgan fingerprint density at radius 3 is 2.82 bits per heavy atom. The molecule has 1 rings (SSSR count). The van der Waals surface area contributed by atoms with Crippen LogP contribution in [-0.2, 0) is 4.79 Å². The molecule has 1 heterocycles. The Bertz CT molecular complexity index is 268. The predicted octanol–water partition coefficient (Wildman–Crippen LogP) is -0.355. The van der Waals surface area contributed by atoms with Gasteiger partial charge < -0.3 is 11.1 Å². The van der Waals surface area contributed by atoms with Crippen molar-refractivity contribution < 1.29 is 9.59 Å². The topological polar surface area (TPSA) is 87.5 Å². The van der Waals surface area contributed by atoms with Gasteiger partial charge in [0.25, 0.3) is 0 Å². The number of rotatable bonds is 4. The smallest absolute Gasteiger partial charge is 0.321 e. The van der Waals surface area contributed by atoms with E-state index in [0.717, 1.165) is 25.8 Å². The van der Waals surface area contributed by atoms with E-state index < -0.39 is 6.03 Å². The first kappa shape index (κ1) is 13.9. The highest BCUT2D eigenvalue weighted by Gasteiger charge is 2.23. The van der Waals surface area contributed by atoms with E-state index in [-0.39, 0.29) is 12.5 Å². The van der Waals surface area contributed by atoms with Gasteiger partial charge >= 0.3 is 6.03 Å². The van der Waals surface area contributed by atoms with Gasteiger partial charge in [-0.15, -0.1) is 0 Å². The predicted molar refractivity (Wildman–Crippen MR) is 65.5 cm³/mol. The molecule has 0 spiro atoms. The third-order valence-electron chi connectivity index (χ3n) is 3.08. The number of carbonyl (C=O) groups excluding carboxylic acids is 2. The normalized spacial score (nSPS) is 20.9. The fourth-order valence-electron chi connectivity index (χ4n) is 2.20. The minimum absolute atomic E-state index is 0.256. The largest absolute Gasteiger partial charge is 0.341 e. The Kier molecular flexibility index (Phi) is 5.93. The number of urea groups is 1. The first-order valence-electron chi connectivity index (χ1n) is 6.13. The Balaban J connectivity index is 2.41. The molecule has 1 unspecified atom stereocenters. The van der Waals surface area contributed by atoms with Crippen molar-refractivity contribution in [3.05, 3.63) is 0 Å². The van der Waals surface area contributed by atoms with Gasteiger partial charge in [-0.3, -0.25) is 15.0 Å². The molecule has 1 aliphatic rings. The molecule has 0 radical (unpaired) electrons. The van der Waals surface area contributed by atoms with Crippen molar-refractivity contribution in [3.8, 4) is 0 Å². The number of amides is 3. The van der Waals surface area contributed by atoms with Crippen molar-refractivity contribution >= 4 is 11.9 Å². The van der Waals surface area contributed by atoms with Gasteiger partial charge in [-0.1, -0.05) is 6.42 Å². The number of nitrogens with one attached hydrogen (secondary N) is 2. The van der Waals surface area contributed by atoms with Crippen LogP contribution in [0.2, 0.25) is 0 Å². The van der Waals surface area contributed by atoms with Gasteiger partial charge in [-0.25, -0.2) is 4.79 Å². The zero-order chi connectivity index (χ0) is 12.7. The first-order chi connectivity index (χ1) is 8.17. The number of piperidine rings is 1. The molecule has 0 aromatic rings. The van der Waals surface area contributed by atoms with Gasteiger partial charge in [0.15, 0.2) is 0 Å². The molecule has 1 saturated heterocycles. The number of carbonyl (C=O) groups is 2. The van der Waals surface area contributed by atoms with Crippen molar-refractivity contribution in [2.24, 2.45) is 5.73 Å². The average Bonchev–Trinajstić information content (AvgIpc) is 2.31. The number of hydrogen-bond acceptors (Lipinski definition) is 4. The molecule has 1 fully saturated rings. The van der Waals surface area contributed by atoms with Gasteiger partial charge in [0.2, 0.25) is 5.91 Å². The number of nitrogens with two attached hydrogens (primary N) is 1. The third kappa shape index (κ3) is 4.70. The summed E-state index contributed by atoms with van der Waals surface area (Å²) in [7, 11) is 1.49. The Morgan fingerprint density at radius 1 is 1.41 bits per heavy atom. The molecule has 4 N–H and O–H groups in total. The van der Waals surface area contributed by atoms with E-state index in [1.54, 1.807) is 0 Å². The van der Waals surface area contributed by atoms with Crippen LogP contribution >= 0.6 is 0 Å². The highest BCUT2D eigenvalue weighted by molar-refractivity contribution is 5.95. The molecule has 1 aliphatic heterocycles. The standard InChI is InChI=1S/C11H22N4O2/c1-13-11(17)14-10(16)8-15-7-3-2-4-9(15)5-6-12/h9H,2-8,12H2,1H3,(H2,13,14,16,17). The van der Waals surface area contributed by atoms with E-state index in [0.29, 0.717) is 12.6 Å². The molecule has 6 nitrogen and oxygen atoms in total. The number of likely N-dealkylation sites (tertiary alicyclic amines) is 1. The molecule has 0 aromatic carbocycles. The minimum atomic E-state index is -0.456. The summed E-state index contributed by atoms with van der Waals surface area (Å²) in [5.74, 6) is -0.256. The third-order valence-corrected chi connectivity index (χ3v) is 3.08. The number of nitrogens with zero attached hydrogens (tertiary/aromatic N) is 1. The molecule has 0 bridgehead atoms. The second kappa shape index (κ2) is 7.24. The SMILES string of the molecule is CNC(=O)NC(=O)CN1CCCCC1CCN. The molecular formula is C11H22N4O2. The lowest BCUT2D eigenvalue weighted by Gasteiger charge is -2.34. The maximum absolute atomic E-state index is 11.6. The summed E-state index contributed by atoms with van der Waals surface area (Å²) in [5.41, 5.74) is 5.56. The molecule has 17 heavy (non-hydrogen) atoms. The van der Waals surface area contributed by atoms with E-state index in [4.69, 9.17) is 5.73 Å². The molecule has 6 heteroatoms. The van der Waals surface area contributed by atoms with Crippen molar-refractivity contribution in [1.29, 1.82) is 0 Å². The molecule has 0 aromatic heterocycles. The Hall–Kier alpha value is -1.14. The molecule has 0 saturated carbocycles. The maximum atomic E-state index is 11.6. The molecule has 1 atom stereocenters. The summed E-state index contributed by atoms with van der Waals surface area (Å²) >= 11 is 0. The van der Waals surface area contributed by atoms with E-state index >= 15 is 0 Å². The lowest BCUT2D eigenvalue weighted by molar-refractivity contribution is -0.122. The van der Waals surface area contributed by atoms with Gasteiger partial charge in [0, 0.05) is 13.1 Å². The molecular weight excluding hydrogens is 220 g/mol. The van der Waals surface area contributed by atoms with E-state index in [9.17, 15) is 9.59 Å². The van der Waals surface area contributed by atoms with Crippen LogP contribution in [0.25, 0.3) is 0 Å². The Labute approximate surface area is 102 Å². The molecule has 0 aliphatic carbocycles. The zero-order valence-electron chi connectivity index (χ0n) is 10.4. The number of imide groups is 1. The van der Waals surface area contributed by atoms with Crippen molar-refractivity contribution in [2.45, 2.75) is 31.7 Å². The van der Waals surface area contributed by atoms with Crippen LogP contribution in [0, 0.1) is 0 Å². The summed E-state index contributed by atoms with van der Waals surface area (Å²) in [5, 5.41) is 4.64. The van der Waals surface area contributed by atoms with E-state index in [1.165, 1.54) is 13.5 Å². The van der Waals surface area contributed by atoms with Crippen LogP contribution in [0.5, 0.6) is 0 Å². The lowest BCUT2D eigenvalue weighted by Crippen LogP contribution is -2.48. The molecule has 98 valence electrons. The van der Waals surface area contributed by atoms with Gasteiger partial charge in [0.05, 0.1) is 6.54 Å². The number of hydrogen-bond donors (Lipinski definition) is 3. The highest BCUT2D eigenvalue weighted by Crippen LogP contribution is 2.18. The van der Waals surface area contributed by atoms with E-state index in [1.807, 2.05) is 0 Å². The van der Waals surface area contributed by atoms with Crippen LogP contribution in [0.1, 0.15) is 25.7 Å². The quantitative estimate of drug-likeness (QED) is 0.628. The van der Waals surface area contributed by atoms with Crippen LogP contribution in [0.15, 0.2) is 0 Å². The zero-order valence-corrected chi connectivity index (χ0v) is 10.4. The van der Waals surface area contributed by atoms with Crippen molar-refractivity contribution in [1.82, 2.24) is 15.5 Å². The van der Waals surface area contributed by atoms with Crippen LogP contribution in [0.4, 0.5) is 4.79 Å². The fraction of sp³-hybridized carbons (Fsp3) is 0.818. The molecule has 3 amide bonds. The fourth-order valence-corrected chi connectivity index (χ4v) is 2.20. The summed E-state index contributed by atoms with van der Waals surface area (Å²) in [6.45, 7) is 1.82. The highest BCUT2D eigenvalue weighted by atomic mass is 16.2. The van der Waals surface area contributed by atoms with Crippen LogP contribution in [0.3, 0.4) is 0 Å². The first-order valence-corrected chi connectivity index (χ1v) is 6.13. The monoisotopic (exact) mass is 242 g/mol. The second-order valence-electron chi connectivity index (χ2n) is 4.32. The Morgan fingerprint density at radius 2 is 2.18 bits per heavy atom. The average molecular weight is 242 g/mol. The maximum Gasteiger partial charge on any atom is 0.321 e. The van der Waals surface area contributed by atoms with Crippen molar-refractivity contribution in [2.75, 3.05) is 26.7 Å². The second-order valence-corrected chi connectivity index (χ2v) is 4.32. The summed E-state index contributed by atoms with van der Waals surface area (Å²) in [6, 6.07) is -0.0772. The van der Waals surface area contributed by atoms with Crippen molar-refractivity contribution in [3.63, 3.8) is 0 Å². The van der Waals surface area contributed by atoms with Gasteiger partial charge in [-0.05, 0) is 32.4 Å². The van der Waals surface area contributed by atoms with E-state index in [2.05, 4.69) is 15.5 Å². The lowest BCUT2D eigenvalue weighted by atomic mass is 9.99. The van der Waals surface area contributed by atoms with Gasteiger partial charge in [-0.2, -0.15) is 0 Å². The minimum Gasteiger partial charge on any atom is -0.341 e. The van der Waals surface area contributed by atoms with Crippen LogP contribution < -0.4 is 16.4 Å². The van der Waals surface area contributed by atoms with Gasteiger partial charge in [0.1, 0.15) is 0 Å². The summed E-state index contributed by atoms with van der Waals surface area (Å²) in [6.07, 6.45) is 4.30.